The second-order valence-corrected chi connectivity index (χ2v) is 5.15. The van der Waals surface area contributed by atoms with Crippen molar-refractivity contribution in [3.63, 3.8) is 0 Å². The Hall–Kier alpha value is -2.28. The maximum Gasteiger partial charge on any atom is 0.347 e. The molecular weight excluding hydrogens is 280 g/mol. The van der Waals surface area contributed by atoms with E-state index in [4.69, 9.17) is 5.11 Å². The van der Waals surface area contributed by atoms with E-state index in [0.717, 1.165) is 17.8 Å². The molecule has 0 unspecified atom stereocenters. The van der Waals surface area contributed by atoms with Crippen molar-refractivity contribution in [1.82, 2.24) is 4.98 Å². The molecule has 2 rings (SSSR count). The first kappa shape index (κ1) is 14.1. The minimum absolute atomic E-state index is 0.00227. The van der Waals surface area contributed by atoms with E-state index < -0.39 is 10.9 Å². The van der Waals surface area contributed by atoms with Gasteiger partial charge in [0.2, 0.25) is 0 Å². The van der Waals surface area contributed by atoms with Crippen LogP contribution in [0.1, 0.15) is 28.7 Å². The van der Waals surface area contributed by atoms with Gasteiger partial charge in [0.25, 0.3) is 5.69 Å². The van der Waals surface area contributed by atoms with Gasteiger partial charge in [-0.2, -0.15) is 0 Å². The van der Waals surface area contributed by atoms with E-state index in [1.165, 1.54) is 12.1 Å². The van der Waals surface area contributed by atoms with E-state index in [-0.39, 0.29) is 10.6 Å². The molecule has 1 aromatic carbocycles. The Morgan fingerprint density at radius 2 is 2.05 bits per heavy atom. The third kappa shape index (κ3) is 2.83. The minimum Gasteiger partial charge on any atom is -0.477 e. The topological polar surface area (TPSA) is 93.3 Å². The first-order valence-corrected chi connectivity index (χ1v) is 6.82. The van der Waals surface area contributed by atoms with Gasteiger partial charge in [-0.15, -0.1) is 11.3 Å². The van der Waals surface area contributed by atoms with Crippen molar-refractivity contribution in [2.45, 2.75) is 19.8 Å². The lowest BCUT2D eigenvalue weighted by atomic mass is 10.2. The SMILES string of the molecule is CCCc1nc(-c2ccc([N+](=O)[O-])cc2)sc1C(=O)O. The molecule has 0 aliphatic heterocycles. The molecule has 0 saturated heterocycles. The number of thiazole rings is 1. The Morgan fingerprint density at radius 1 is 1.40 bits per heavy atom. The molecule has 1 N–H and O–H groups in total. The summed E-state index contributed by atoms with van der Waals surface area (Å²) in [5.74, 6) is -0.987. The predicted molar refractivity (Wildman–Crippen MR) is 75.2 cm³/mol. The molecule has 0 radical (unpaired) electrons. The van der Waals surface area contributed by atoms with Crippen molar-refractivity contribution in [2.24, 2.45) is 0 Å². The summed E-state index contributed by atoms with van der Waals surface area (Å²) < 4.78 is 0. The summed E-state index contributed by atoms with van der Waals surface area (Å²) in [6, 6.07) is 5.93. The fourth-order valence-electron chi connectivity index (χ4n) is 1.77. The Bertz CT molecular complexity index is 649. The highest BCUT2D eigenvalue weighted by atomic mass is 32.1. The molecule has 0 saturated carbocycles. The van der Waals surface area contributed by atoms with Crippen molar-refractivity contribution >= 4 is 23.0 Å². The molecule has 0 atom stereocenters. The highest BCUT2D eigenvalue weighted by Gasteiger charge is 2.17. The number of nitro groups is 1. The Balaban J connectivity index is 2.39. The van der Waals surface area contributed by atoms with Crippen molar-refractivity contribution in [2.75, 3.05) is 0 Å². The lowest BCUT2D eigenvalue weighted by molar-refractivity contribution is -0.384. The summed E-state index contributed by atoms with van der Waals surface area (Å²) >= 11 is 1.09. The number of hydrogen-bond acceptors (Lipinski definition) is 5. The van der Waals surface area contributed by atoms with Crippen molar-refractivity contribution < 1.29 is 14.8 Å². The zero-order valence-corrected chi connectivity index (χ0v) is 11.5. The minimum atomic E-state index is -0.987. The molecule has 2 aromatic rings. The molecule has 0 bridgehead atoms. The second kappa shape index (κ2) is 5.79. The summed E-state index contributed by atoms with van der Waals surface area (Å²) in [6.07, 6.45) is 1.41. The van der Waals surface area contributed by atoms with Crippen molar-refractivity contribution in [3.8, 4) is 10.6 Å². The van der Waals surface area contributed by atoms with Gasteiger partial charge in [-0.05, 0) is 18.6 Å². The molecule has 0 amide bonds. The van der Waals surface area contributed by atoms with Crippen LogP contribution < -0.4 is 0 Å². The van der Waals surface area contributed by atoms with Crippen LogP contribution in [0.15, 0.2) is 24.3 Å². The zero-order valence-electron chi connectivity index (χ0n) is 10.7. The average molecular weight is 292 g/mol. The van der Waals surface area contributed by atoms with Crippen molar-refractivity contribution in [3.05, 3.63) is 45.0 Å². The number of carbonyl (C=O) groups is 1. The Kier molecular flexibility index (Phi) is 4.09. The fraction of sp³-hybridized carbons (Fsp3) is 0.231. The first-order valence-electron chi connectivity index (χ1n) is 6.00. The molecule has 104 valence electrons. The largest absolute Gasteiger partial charge is 0.477 e. The molecule has 20 heavy (non-hydrogen) atoms. The number of hydrogen-bond donors (Lipinski definition) is 1. The van der Waals surface area contributed by atoms with E-state index in [0.29, 0.717) is 22.7 Å². The zero-order chi connectivity index (χ0) is 14.7. The lowest BCUT2D eigenvalue weighted by Gasteiger charge is -1.95. The number of aryl methyl sites for hydroxylation is 1. The summed E-state index contributed by atoms with van der Waals surface area (Å²) in [6.45, 7) is 1.95. The molecular formula is C13H12N2O4S. The summed E-state index contributed by atoms with van der Waals surface area (Å²) in [5.41, 5.74) is 1.25. The average Bonchev–Trinajstić information content (AvgIpc) is 2.83. The van der Waals surface area contributed by atoms with Crippen LogP contribution >= 0.6 is 11.3 Å². The van der Waals surface area contributed by atoms with Crippen LogP contribution in [0.25, 0.3) is 10.6 Å². The third-order valence-electron chi connectivity index (χ3n) is 2.70. The van der Waals surface area contributed by atoms with Crippen molar-refractivity contribution in [1.29, 1.82) is 0 Å². The van der Waals surface area contributed by atoms with Gasteiger partial charge in [0.15, 0.2) is 0 Å². The fourth-order valence-corrected chi connectivity index (χ4v) is 2.73. The lowest BCUT2D eigenvalue weighted by Crippen LogP contribution is -1.98. The first-order chi connectivity index (χ1) is 9.52. The standard InChI is InChI=1S/C13H12N2O4S/c1-2-3-10-11(13(16)17)20-12(14-10)8-4-6-9(7-5-8)15(18)19/h4-7H,2-3H2,1H3,(H,16,17). The number of carboxylic acids is 1. The molecule has 7 heteroatoms. The van der Waals surface area contributed by atoms with Crippen LogP contribution in [0, 0.1) is 10.1 Å². The number of carboxylic acid groups (broad SMARTS) is 1. The van der Waals surface area contributed by atoms with E-state index >= 15 is 0 Å². The van der Waals surface area contributed by atoms with Gasteiger partial charge in [0.1, 0.15) is 9.88 Å². The summed E-state index contributed by atoms with van der Waals surface area (Å²) in [5, 5.41) is 20.3. The predicted octanol–water partition coefficient (Wildman–Crippen LogP) is 3.37. The summed E-state index contributed by atoms with van der Waals surface area (Å²) in [7, 11) is 0. The van der Waals surface area contributed by atoms with Crippen LogP contribution in [0.3, 0.4) is 0 Å². The van der Waals surface area contributed by atoms with Gasteiger partial charge in [-0.25, -0.2) is 9.78 Å². The van der Waals surface area contributed by atoms with Gasteiger partial charge in [0, 0.05) is 17.7 Å². The number of nitro benzene ring substituents is 1. The van der Waals surface area contributed by atoms with Crippen LogP contribution in [0.4, 0.5) is 5.69 Å². The maximum atomic E-state index is 11.2. The van der Waals surface area contributed by atoms with Gasteiger partial charge >= 0.3 is 5.97 Å². The molecule has 0 aliphatic rings. The highest BCUT2D eigenvalue weighted by Crippen LogP contribution is 2.30. The Morgan fingerprint density at radius 3 is 2.55 bits per heavy atom. The number of non-ortho nitro benzene ring substituents is 1. The monoisotopic (exact) mass is 292 g/mol. The summed E-state index contributed by atoms with van der Waals surface area (Å²) in [4.78, 5) is 25.9. The van der Waals surface area contributed by atoms with Crippen LogP contribution in [0.5, 0.6) is 0 Å². The third-order valence-corrected chi connectivity index (χ3v) is 3.84. The van der Waals surface area contributed by atoms with E-state index in [2.05, 4.69) is 4.98 Å². The molecule has 1 heterocycles. The number of benzene rings is 1. The normalized spacial score (nSPS) is 10.4. The van der Waals surface area contributed by atoms with E-state index in [1.54, 1.807) is 12.1 Å². The second-order valence-electron chi connectivity index (χ2n) is 4.15. The van der Waals surface area contributed by atoms with Crippen LogP contribution in [-0.4, -0.2) is 21.0 Å². The maximum absolute atomic E-state index is 11.2. The molecule has 6 nitrogen and oxygen atoms in total. The number of aromatic nitrogens is 1. The molecule has 0 spiro atoms. The molecule has 0 fully saturated rings. The smallest absolute Gasteiger partial charge is 0.347 e. The van der Waals surface area contributed by atoms with Crippen LogP contribution in [0.2, 0.25) is 0 Å². The van der Waals surface area contributed by atoms with E-state index in [9.17, 15) is 14.9 Å². The van der Waals surface area contributed by atoms with E-state index in [1.807, 2.05) is 6.92 Å². The van der Waals surface area contributed by atoms with Gasteiger partial charge < -0.3 is 5.11 Å². The quantitative estimate of drug-likeness (QED) is 0.673. The van der Waals surface area contributed by atoms with Gasteiger partial charge in [-0.1, -0.05) is 13.3 Å². The van der Waals surface area contributed by atoms with Crippen LogP contribution in [-0.2, 0) is 6.42 Å². The molecule has 0 aliphatic carbocycles. The number of aromatic carboxylic acids is 1. The van der Waals surface area contributed by atoms with Gasteiger partial charge in [-0.3, -0.25) is 10.1 Å². The number of rotatable bonds is 5. The Labute approximate surface area is 118 Å². The number of nitrogens with zero attached hydrogens (tertiary/aromatic N) is 2. The highest BCUT2D eigenvalue weighted by molar-refractivity contribution is 7.17. The van der Waals surface area contributed by atoms with Gasteiger partial charge in [0.05, 0.1) is 10.6 Å². The molecule has 1 aromatic heterocycles.